The zero-order valence-electron chi connectivity index (χ0n) is 16.1. The Bertz CT molecular complexity index is 915. The van der Waals surface area contributed by atoms with Crippen LogP contribution in [0.25, 0.3) is 22.3 Å². The van der Waals surface area contributed by atoms with Crippen LogP contribution in [0.4, 0.5) is 0 Å². The second-order valence-electron chi connectivity index (χ2n) is 7.05. The molecule has 0 bridgehead atoms. The van der Waals surface area contributed by atoms with Gasteiger partial charge in [0.05, 0.1) is 7.11 Å². The van der Waals surface area contributed by atoms with Crippen molar-refractivity contribution in [1.82, 2.24) is 9.88 Å². The van der Waals surface area contributed by atoms with E-state index in [1.54, 1.807) is 7.11 Å². The number of nitrogens with zero attached hydrogens (tertiary/aromatic N) is 1. The Morgan fingerprint density at radius 1 is 0.929 bits per heavy atom. The number of H-pyrrole nitrogens is 1. The highest BCUT2D eigenvalue weighted by molar-refractivity contribution is 6.30. The zero-order valence-corrected chi connectivity index (χ0v) is 16.8. The molecule has 0 aliphatic carbocycles. The third-order valence-electron chi connectivity index (χ3n) is 5.24. The van der Waals surface area contributed by atoms with Crippen LogP contribution in [-0.4, -0.2) is 43.2 Å². The largest absolute Gasteiger partial charge is 0.493 e. The predicted molar refractivity (Wildman–Crippen MR) is 114 cm³/mol. The molecule has 0 amide bonds. The lowest BCUT2D eigenvalue weighted by atomic mass is 9.99. The topological polar surface area (TPSA) is 37.5 Å². The monoisotopic (exact) mass is 396 g/mol. The first-order valence-electron chi connectivity index (χ1n) is 9.71. The molecule has 0 spiro atoms. The van der Waals surface area contributed by atoms with Gasteiger partial charge in [-0.1, -0.05) is 29.8 Å². The molecule has 1 fully saturated rings. The van der Waals surface area contributed by atoms with Gasteiger partial charge >= 0.3 is 0 Å². The molecule has 0 unspecified atom stereocenters. The summed E-state index contributed by atoms with van der Waals surface area (Å²) in [4.78, 5) is 5.66. The molecular weight excluding hydrogens is 372 g/mol. The average molecular weight is 397 g/mol. The minimum Gasteiger partial charge on any atom is -0.493 e. The van der Waals surface area contributed by atoms with Crippen LogP contribution in [0.2, 0.25) is 5.02 Å². The molecule has 1 N–H and O–H groups in total. The Hall–Kier alpha value is -2.43. The SMILES string of the molecule is COc1cc(-c2c[nH]cc2-c2ccc(Cl)cc2)ccc1OCCN1CCCC1. The van der Waals surface area contributed by atoms with E-state index in [4.69, 9.17) is 21.1 Å². The van der Waals surface area contributed by atoms with Crippen LogP contribution in [0.3, 0.4) is 0 Å². The summed E-state index contributed by atoms with van der Waals surface area (Å²) in [5.74, 6) is 1.54. The summed E-state index contributed by atoms with van der Waals surface area (Å²) in [6.45, 7) is 4.00. The first-order chi connectivity index (χ1) is 13.7. The summed E-state index contributed by atoms with van der Waals surface area (Å²) < 4.78 is 11.6. The van der Waals surface area contributed by atoms with E-state index in [-0.39, 0.29) is 0 Å². The van der Waals surface area contributed by atoms with Crippen LogP contribution in [0.15, 0.2) is 54.9 Å². The Morgan fingerprint density at radius 2 is 1.61 bits per heavy atom. The highest BCUT2D eigenvalue weighted by Gasteiger charge is 2.14. The summed E-state index contributed by atoms with van der Waals surface area (Å²) in [6, 6.07) is 14.0. The van der Waals surface area contributed by atoms with Crippen LogP contribution < -0.4 is 9.47 Å². The molecule has 1 aromatic heterocycles. The van der Waals surface area contributed by atoms with Gasteiger partial charge < -0.3 is 14.5 Å². The Kier molecular flexibility index (Phi) is 5.89. The second kappa shape index (κ2) is 8.72. The second-order valence-corrected chi connectivity index (χ2v) is 7.49. The molecule has 2 aromatic carbocycles. The van der Waals surface area contributed by atoms with E-state index >= 15 is 0 Å². The van der Waals surface area contributed by atoms with Gasteiger partial charge in [0.2, 0.25) is 0 Å². The molecule has 0 radical (unpaired) electrons. The van der Waals surface area contributed by atoms with Gasteiger partial charge in [0.15, 0.2) is 11.5 Å². The van der Waals surface area contributed by atoms with Crippen molar-refractivity contribution < 1.29 is 9.47 Å². The number of benzene rings is 2. The van der Waals surface area contributed by atoms with Crippen molar-refractivity contribution in [3.8, 4) is 33.8 Å². The molecule has 4 rings (SSSR count). The number of rotatable bonds is 7. The predicted octanol–water partition coefficient (Wildman–Crippen LogP) is 5.49. The molecule has 28 heavy (non-hydrogen) atoms. The molecule has 5 heteroatoms. The van der Waals surface area contributed by atoms with Crippen molar-refractivity contribution in [3.05, 3.63) is 59.9 Å². The fraction of sp³-hybridized carbons (Fsp3) is 0.304. The number of aromatic amines is 1. The summed E-state index contributed by atoms with van der Waals surface area (Å²) in [6.07, 6.45) is 6.60. The molecule has 2 heterocycles. The van der Waals surface area contributed by atoms with Crippen molar-refractivity contribution in [1.29, 1.82) is 0 Å². The quantitative estimate of drug-likeness (QED) is 0.574. The standard InChI is InChI=1S/C23H25ClN2O2/c1-27-23-14-18(6-9-22(23)28-13-12-26-10-2-3-11-26)21-16-25-15-20(21)17-4-7-19(24)8-5-17/h4-9,14-16,25H,2-3,10-13H2,1H3. The fourth-order valence-corrected chi connectivity index (χ4v) is 3.84. The number of hydrogen-bond acceptors (Lipinski definition) is 3. The first-order valence-corrected chi connectivity index (χ1v) is 10.1. The lowest BCUT2D eigenvalue weighted by Gasteiger charge is -2.16. The minimum absolute atomic E-state index is 0.676. The molecule has 0 atom stereocenters. The molecular formula is C23H25ClN2O2. The molecule has 1 aliphatic rings. The third kappa shape index (κ3) is 4.18. The average Bonchev–Trinajstić information content (AvgIpc) is 3.41. The van der Waals surface area contributed by atoms with Gasteiger partial charge in [0, 0.05) is 35.1 Å². The van der Waals surface area contributed by atoms with Crippen molar-refractivity contribution >= 4 is 11.6 Å². The number of nitrogens with one attached hydrogen (secondary N) is 1. The van der Waals surface area contributed by atoms with Gasteiger partial charge in [-0.2, -0.15) is 0 Å². The molecule has 146 valence electrons. The molecule has 1 aliphatic heterocycles. The van der Waals surface area contributed by atoms with Crippen LogP contribution in [0.1, 0.15) is 12.8 Å². The maximum atomic E-state index is 6.03. The van der Waals surface area contributed by atoms with Gasteiger partial charge in [-0.3, -0.25) is 4.90 Å². The van der Waals surface area contributed by atoms with E-state index in [2.05, 4.69) is 16.0 Å². The van der Waals surface area contributed by atoms with E-state index in [1.807, 2.05) is 48.8 Å². The Morgan fingerprint density at radius 3 is 2.32 bits per heavy atom. The molecule has 3 aromatic rings. The molecule has 1 saturated heterocycles. The van der Waals surface area contributed by atoms with Gasteiger partial charge in [-0.25, -0.2) is 0 Å². The molecule has 4 nitrogen and oxygen atoms in total. The van der Waals surface area contributed by atoms with E-state index in [9.17, 15) is 0 Å². The fourth-order valence-electron chi connectivity index (χ4n) is 3.72. The summed E-state index contributed by atoms with van der Waals surface area (Å²) >= 11 is 6.03. The highest BCUT2D eigenvalue weighted by Crippen LogP contribution is 2.37. The van der Waals surface area contributed by atoms with E-state index in [0.29, 0.717) is 6.61 Å². The summed E-state index contributed by atoms with van der Waals surface area (Å²) in [7, 11) is 1.68. The number of ether oxygens (including phenoxy) is 2. The van der Waals surface area contributed by atoms with Crippen molar-refractivity contribution in [2.75, 3.05) is 33.4 Å². The maximum Gasteiger partial charge on any atom is 0.161 e. The van der Waals surface area contributed by atoms with Crippen molar-refractivity contribution in [3.63, 3.8) is 0 Å². The van der Waals surface area contributed by atoms with Crippen molar-refractivity contribution in [2.45, 2.75) is 12.8 Å². The van der Waals surface area contributed by atoms with Gasteiger partial charge in [0.1, 0.15) is 6.61 Å². The van der Waals surface area contributed by atoms with E-state index in [1.165, 1.54) is 25.9 Å². The Labute approximate surface area is 171 Å². The molecule has 0 saturated carbocycles. The maximum absolute atomic E-state index is 6.03. The Balaban J connectivity index is 1.53. The van der Waals surface area contributed by atoms with Crippen LogP contribution in [0.5, 0.6) is 11.5 Å². The highest BCUT2D eigenvalue weighted by atomic mass is 35.5. The third-order valence-corrected chi connectivity index (χ3v) is 5.49. The lowest BCUT2D eigenvalue weighted by Crippen LogP contribution is -2.25. The normalized spacial score (nSPS) is 14.4. The minimum atomic E-state index is 0.676. The van der Waals surface area contributed by atoms with Crippen molar-refractivity contribution in [2.24, 2.45) is 0 Å². The summed E-state index contributed by atoms with van der Waals surface area (Å²) in [5, 5.41) is 0.734. The smallest absolute Gasteiger partial charge is 0.161 e. The number of methoxy groups -OCH3 is 1. The number of aromatic nitrogens is 1. The van der Waals surface area contributed by atoms with E-state index < -0.39 is 0 Å². The lowest BCUT2D eigenvalue weighted by molar-refractivity contribution is 0.230. The van der Waals surface area contributed by atoms with Crippen LogP contribution in [-0.2, 0) is 0 Å². The summed E-state index contributed by atoms with van der Waals surface area (Å²) in [5.41, 5.74) is 4.44. The van der Waals surface area contributed by atoms with E-state index in [0.717, 1.165) is 45.3 Å². The van der Waals surface area contributed by atoms with Crippen LogP contribution in [0, 0.1) is 0 Å². The number of halogens is 1. The number of likely N-dealkylation sites (tertiary alicyclic amines) is 1. The van der Waals surface area contributed by atoms with Gasteiger partial charge in [-0.05, 0) is 61.3 Å². The van der Waals surface area contributed by atoms with Gasteiger partial charge in [-0.15, -0.1) is 0 Å². The first kappa shape index (κ1) is 18.9. The van der Waals surface area contributed by atoms with Gasteiger partial charge in [0.25, 0.3) is 0 Å². The van der Waals surface area contributed by atoms with Crippen LogP contribution >= 0.6 is 11.6 Å². The number of hydrogen-bond donors (Lipinski definition) is 1. The zero-order chi connectivity index (χ0) is 19.3.